The molecular formula is C25H25N5O. The SMILES string of the molecule is CCCn1cnc2c(c1=O)c1nc3ccccc3nc1n2-c1ccc([C@@H](C)CC)cc1. The predicted octanol–water partition coefficient (Wildman–Crippen LogP) is 5.21. The first-order valence-corrected chi connectivity index (χ1v) is 10.9. The zero-order valence-corrected chi connectivity index (χ0v) is 18.0. The van der Waals surface area contributed by atoms with Crippen LogP contribution in [0.25, 0.3) is 38.9 Å². The van der Waals surface area contributed by atoms with Crippen LogP contribution in [-0.2, 0) is 6.54 Å². The standard InChI is InChI=1S/C25H25N5O/c1-4-14-29-15-26-23-21(25(29)31)22-24(28-20-9-7-6-8-19(20)27-22)30(23)18-12-10-17(11-13-18)16(3)5-2/h6-13,15-16H,4-5,14H2,1-3H3/t16-/m0/s1. The first kappa shape index (κ1) is 19.4. The van der Waals surface area contributed by atoms with Gasteiger partial charge in [0.25, 0.3) is 5.56 Å². The zero-order chi connectivity index (χ0) is 21.5. The summed E-state index contributed by atoms with van der Waals surface area (Å²) in [5.74, 6) is 0.496. The summed E-state index contributed by atoms with van der Waals surface area (Å²) in [6, 6.07) is 16.2. The van der Waals surface area contributed by atoms with Crippen LogP contribution >= 0.6 is 0 Å². The van der Waals surface area contributed by atoms with Crippen molar-refractivity contribution in [2.45, 2.75) is 46.1 Å². The fraction of sp³-hybridized carbons (Fsp3) is 0.280. The Hall–Kier alpha value is -3.54. The topological polar surface area (TPSA) is 65.6 Å². The van der Waals surface area contributed by atoms with Gasteiger partial charge in [0.1, 0.15) is 10.9 Å². The fourth-order valence-corrected chi connectivity index (χ4v) is 4.10. The Bertz CT molecular complexity index is 1460. The van der Waals surface area contributed by atoms with E-state index in [-0.39, 0.29) is 5.56 Å². The van der Waals surface area contributed by atoms with E-state index in [1.54, 1.807) is 10.9 Å². The van der Waals surface area contributed by atoms with E-state index < -0.39 is 0 Å². The van der Waals surface area contributed by atoms with E-state index in [0.29, 0.717) is 34.7 Å². The Balaban J connectivity index is 1.86. The number of benzene rings is 2. The van der Waals surface area contributed by atoms with Crippen LogP contribution in [0.15, 0.2) is 59.7 Å². The van der Waals surface area contributed by atoms with Crippen molar-refractivity contribution < 1.29 is 0 Å². The van der Waals surface area contributed by atoms with Gasteiger partial charge in [-0.1, -0.05) is 45.0 Å². The van der Waals surface area contributed by atoms with Crippen LogP contribution in [0, 0.1) is 0 Å². The van der Waals surface area contributed by atoms with Gasteiger partial charge < -0.3 is 0 Å². The maximum atomic E-state index is 13.3. The quantitative estimate of drug-likeness (QED) is 0.398. The molecule has 0 saturated carbocycles. The van der Waals surface area contributed by atoms with Crippen LogP contribution in [-0.4, -0.2) is 24.1 Å². The van der Waals surface area contributed by atoms with Gasteiger partial charge in [0.15, 0.2) is 11.3 Å². The van der Waals surface area contributed by atoms with Gasteiger partial charge >= 0.3 is 0 Å². The molecule has 0 N–H and O–H groups in total. The molecular weight excluding hydrogens is 386 g/mol. The molecule has 2 aromatic carbocycles. The Kier molecular flexibility index (Phi) is 4.77. The zero-order valence-electron chi connectivity index (χ0n) is 18.0. The molecule has 31 heavy (non-hydrogen) atoms. The minimum Gasteiger partial charge on any atom is -0.299 e. The highest BCUT2D eigenvalue weighted by molar-refractivity contribution is 6.05. The molecule has 0 aliphatic carbocycles. The molecule has 156 valence electrons. The van der Waals surface area contributed by atoms with Crippen molar-refractivity contribution >= 4 is 33.2 Å². The maximum Gasteiger partial charge on any atom is 0.265 e. The molecule has 6 nitrogen and oxygen atoms in total. The Labute approximate surface area is 180 Å². The molecule has 0 unspecified atom stereocenters. The van der Waals surface area contributed by atoms with Gasteiger partial charge in [-0.25, -0.2) is 15.0 Å². The van der Waals surface area contributed by atoms with Crippen molar-refractivity contribution in [1.82, 2.24) is 24.1 Å². The normalized spacial score (nSPS) is 12.7. The Morgan fingerprint density at radius 1 is 0.935 bits per heavy atom. The summed E-state index contributed by atoms with van der Waals surface area (Å²) in [6.45, 7) is 7.09. The first-order valence-electron chi connectivity index (χ1n) is 10.9. The van der Waals surface area contributed by atoms with Crippen molar-refractivity contribution in [3.05, 3.63) is 70.8 Å². The van der Waals surface area contributed by atoms with Gasteiger partial charge in [-0.3, -0.25) is 13.9 Å². The maximum absolute atomic E-state index is 13.3. The second kappa shape index (κ2) is 7.61. The third-order valence-corrected chi connectivity index (χ3v) is 6.03. The average Bonchev–Trinajstić information content (AvgIpc) is 3.12. The third-order valence-electron chi connectivity index (χ3n) is 6.03. The number of rotatable bonds is 5. The molecule has 0 aliphatic heterocycles. The van der Waals surface area contributed by atoms with E-state index in [1.165, 1.54) is 5.56 Å². The van der Waals surface area contributed by atoms with Crippen molar-refractivity contribution in [3.8, 4) is 5.69 Å². The minimum absolute atomic E-state index is 0.0728. The minimum atomic E-state index is -0.0728. The second-order valence-electron chi connectivity index (χ2n) is 8.06. The summed E-state index contributed by atoms with van der Waals surface area (Å²) in [6.07, 6.45) is 3.58. The molecule has 6 heteroatoms. The van der Waals surface area contributed by atoms with Gasteiger partial charge in [-0.05, 0) is 48.6 Å². The number of hydrogen-bond donors (Lipinski definition) is 0. The molecule has 5 rings (SSSR count). The highest BCUT2D eigenvalue weighted by Crippen LogP contribution is 2.29. The van der Waals surface area contributed by atoms with Gasteiger partial charge in [-0.2, -0.15) is 0 Å². The fourth-order valence-electron chi connectivity index (χ4n) is 4.10. The highest BCUT2D eigenvalue weighted by Gasteiger charge is 2.20. The van der Waals surface area contributed by atoms with Crippen LogP contribution in [0.5, 0.6) is 0 Å². The molecule has 0 bridgehead atoms. The molecule has 0 saturated heterocycles. The molecule has 0 aliphatic rings. The van der Waals surface area contributed by atoms with Gasteiger partial charge in [0.2, 0.25) is 0 Å². The summed E-state index contributed by atoms with van der Waals surface area (Å²) < 4.78 is 3.62. The number of aromatic nitrogens is 5. The van der Waals surface area contributed by atoms with Crippen LogP contribution in [0.1, 0.15) is 45.1 Å². The lowest BCUT2D eigenvalue weighted by atomic mass is 9.99. The van der Waals surface area contributed by atoms with E-state index in [1.807, 2.05) is 35.8 Å². The smallest absolute Gasteiger partial charge is 0.265 e. The largest absolute Gasteiger partial charge is 0.299 e. The summed E-state index contributed by atoms with van der Waals surface area (Å²) in [4.78, 5) is 27.8. The number of nitrogens with zero attached hydrogens (tertiary/aromatic N) is 5. The van der Waals surface area contributed by atoms with Gasteiger partial charge in [-0.15, -0.1) is 0 Å². The summed E-state index contributed by atoms with van der Waals surface area (Å²) in [7, 11) is 0. The molecule has 5 aromatic rings. The third kappa shape index (κ3) is 3.10. The lowest BCUT2D eigenvalue weighted by molar-refractivity contribution is 0.647. The second-order valence-corrected chi connectivity index (χ2v) is 8.06. The average molecular weight is 412 g/mol. The molecule has 0 amide bonds. The van der Waals surface area contributed by atoms with E-state index in [2.05, 4.69) is 43.1 Å². The lowest BCUT2D eigenvalue weighted by Gasteiger charge is -2.11. The molecule has 0 fully saturated rings. The lowest BCUT2D eigenvalue weighted by Crippen LogP contribution is -2.20. The van der Waals surface area contributed by atoms with Crippen LogP contribution < -0.4 is 5.56 Å². The Morgan fingerprint density at radius 3 is 2.32 bits per heavy atom. The molecule has 1 atom stereocenters. The number of hydrogen-bond acceptors (Lipinski definition) is 4. The number of para-hydroxylation sites is 2. The van der Waals surface area contributed by atoms with E-state index >= 15 is 0 Å². The van der Waals surface area contributed by atoms with E-state index in [4.69, 9.17) is 9.97 Å². The van der Waals surface area contributed by atoms with Crippen molar-refractivity contribution in [2.24, 2.45) is 0 Å². The molecule has 0 radical (unpaired) electrons. The predicted molar refractivity (Wildman–Crippen MR) is 125 cm³/mol. The van der Waals surface area contributed by atoms with Crippen molar-refractivity contribution in [3.63, 3.8) is 0 Å². The number of aryl methyl sites for hydroxylation is 1. The van der Waals surface area contributed by atoms with Crippen molar-refractivity contribution in [2.75, 3.05) is 0 Å². The van der Waals surface area contributed by atoms with E-state index in [9.17, 15) is 4.79 Å². The van der Waals surface area contributed by atoms with Crippen molar-refractivity contribution in [1.29, 1.82) is 0 Å². The van der Waals surface area contributed by atoms with Crippen LogP contribution in [0.2, 0.25) is 0 Å². The summed E-state index contributed by atoms with van der Waals surface area (Å²) in [5, 5.41) is 0.523. The molecule has 0 spiro atoms. The summed E-state index contributed by atoms with van der Waals surface area (Å²) >= 11 is 0. The van der Waals surface area contributed by atoms with Crippen LogP contribution in [0.4, 0.5) is 0 Å². The number of fused-ring (bicyclic) bond motifs is 4. The summed E-state index contributed by atoms with van der Waals surface area (Å²) in [5.41, 5.74) is 5.57. The highest BCUT2D eigenvalue weighted by atomic mass is 16.1. The Morgan fingerprint density at radius 2 is 1.65 bits per heavy atom. The monoisotopic (exact) mass is 411 g/mol. The van der Waals surface area contributed by atoms with Crippen LogP contribution in [0.3, 0.4) is 0 Å². The molecule has 3 heterocycles. The first-order chi connectivity index (χ1) is 15.1. The molecule has 3 aromatic heterocycles. The van der Waals surface area contributed by atoms with E-state index in [0.717, 1.165) is 29.6 Å². The van der Waals surface area contributed by atoms with Gasteiger partial charge in [0.05, 0.1) is 17.4 Å². The van der Waals surface area contributed by atoms with Gasteiger partial charge in [0, 0.05) is 12.2 Å².